The van der Waals surface area contributed by atoms with Gasteiger partial charge in [0, 0.05) is 13.1 Å². The van der Waals surface area contributed by atoms with Crippen molar-refractivity contribution in [2.45, 2.75) is 53.0 Å². The summed E-state index contributed by atoms with van der Waals surface area (Å²) in [5.41, 5.74) is 6.21. The Hall–Kier alpha value is -0.770. The fraction of sp³-hybridized carbons (Fsp3) is 0.933. The third-order valence-corrected chi connectivity index (χ3v) is 4.30. The van der Waals surface area contributed by atoms with Crippen molar-refractivity contribution in [1.29, 1.82) is 0 Å². The molecule has 0 saturated carbocycles. The van der Waals surface area contributed by atoms with Crippen molar-refractivity contribution >= 4 is 5.96 Å². The molecule has 1 rings (SSSR count). The molecule has 1 aliphatic heterocycles. The molecular weight excluding hydrogens is 236 g/mol. The van der Waals surface area contributed by atoms with Gasteiger partial charge in [0.05, 0.1) is 12.1 Å². The average molecular weight is 268 g/mol. The van der Waals surface area contributed by atoms with Crippen LogP contribution < -0.4 is 5.73 Å². The SMILES string of the molecule is CCN(CC)CCN1C(N)=NCC1(C)CCC(C)C. The summed E-state index contributed by atoms with van der Waals surface area (Å²) in [5.74, 6) is 1.47. The minimum Gasteiger partial charge on any atom is -0.370 e. The monoisotopic (exact) mass is 268 g/mol. The summed E-state index contributed by atoms with van der Waals surface area (Å²) in [7, 11) is 0. The van der Waals surface area contributed by atoms with Crippen molar-refractivity contribution in [3.63, 3.8) is 0 Å². The highest BCUT2D eigenvalue weighted by molar-refractivity contribution is 5.80. The predicted octanol–water partition coefficient (Wildman–Crippen LogP) is 2.15. The van der Waals surface area contributed by atoms with Gasteiger partial charge in [0.15, 0.2) is 5.96 Å². The van der Waals surface area contributed by atoms with Crippen molar-refractivity contribution in [1.82, 2.24) is 9.80 Å². The van der Waals surface area contributed by atoms with Crippen LogP contribution in [0.25, 0.3) is 0 Å². The van der Waals surface area contributed by atoms with E-state index >= 15 is 0 Å². The minimum atomic E-state index is 0.126. The van der Waals surface area contributed by atoms with Crippen LogP contribution in [0.5, 0.6) is 0 Å². The second kappa shape index (κ2) is 7.13. The highest BCUT2D eigenvalue weighted by Gasteiger charge is 2.37. The Morgan fingerprint density at radius 1 is 1.37 bits per heavy atom. The number of nitrogens with two attached hydrogens (primary N) is 1. The molecule has 0 aromatic heterocycles. The molecule has 0 fully saturated rings. The van der Waals surface area contributed by atoms with Gasteiger partial charge in [-0.15, -0.1) is 0 Å². The lowest BCUT2D eigenvalue weighted by Crippen LogP contribution is -2.52. The molecule has 1 heterocycles. The zero-order valence-electron chi connectivity index (χ0n) is 13.4. The third kappa shape index (κ3) is 4.37. The van der Waals surface area contributed by atoms with Gasteiger partial charge < -0.3 is 15.5 Å². The van der Waals surface area contributed by atoms with E-state index in [0.717, 1.165) is 44.6 Å². The van der Waals surface area contributed by atoms with Gasteiger partial charge in [0.2, 0.25) is 0 Å². The lowest BCUT2D eigenvalue weighted by molar-refractivity contribution is 0.171. The maximum Gasteiger partial charge on any atom is 0.191 e. The van der Waals surface area contributed by atoms with E-state index < -0.39 is 0 Å². The lowest BCUT2D eigenvalue weighted by atomic mass is 9.91. The van der Waals surface area contributed by atoms with Gasteiger partial charge in [0.1, 0.15) is 0 Å². The van der Waals surface area contributed by atoms with Gasteiger partial charge in [0.25, 0.3) is 0 Å². The summed E-state index contributed by atoms with van der Waals surface area (Å²) >= 11 is 0. The van der Waals surface area contributed by atoms with Crippen LogP contribution in [0.15, 0.2) is 4.99 Å². The van der Waals surface area contributed by atoms with Gasteiger partial charge >= 0.3 is 0 Å². The van der Waals surface area contributed by atoms with Crippen molar-refractivity contribution < 1.29 is 0 Å². The quantitative estimate of drug-likeness (QED) is 0.733. The van der Waals surface area contributed by atoms with E-state index in [-0.39, 0.29) is 5.54 Å². The molecule has 0 aromatic carbocycles. The van der Waals surface area contributed by atoms with Crippen LogP contribution in [0.3, 0.4) is 0 Å². The third-order valence-electron chi connectivity index (χ3n) is 4.30. The van der Waals surface area contributed by atoms with E-state index in [0.29, 0.717) is 0 Å². The highest BCUT2D eigenvalue weighted by Crippen LogP contribution is 2.27. The van der Waals surface area contributed by atoms with E-state index in [4.69, 9.17) is 5.73 Å². The van der Waals surface area contributed by atoms with Crippen LogP contribution in [0, 0.1) is 5.92 Å². The first-order chi connectivity index (χ1) is 8.92. The smallest absolute Gasteiger partial charge is 0.191 e. The Balaban J connectivity index is 2.58. The molecule has 112 valence electrons. The Kier molecular flexibility index (Phi) is 6.11. The summed E-state index contributed by atoms with van der Waals surface area (Å²) in [6.07, 6.45) is 2.41. The molecule has 0 spiro atoms. The maximum absolute atomic E-state index is 6.09. The van der Waals surface area contributed by atoms with Crippen LogP contribution in [-0.4, -0.2) is 54.0 Å². The minimum absolute atomic E-state index is 0.126. The Bertz CT molecular complexity index is 297. The first-order valence-corrected chi connectivity index (χ1v) is 7.72. The molecule has 1 unspecified atom stereocenters. The van der Waals surface area contributed by atoms with Crippen molar-refractivity contribution in [3.05, 3.63) is 0 Å². The number of likely N-dealkylation sites (N-methyl/N-ethyl adjacent to an activating group) is 1. The summed E-state index contributed by atoms with van der Waals surface area (Å²) < 4.78 is 0. The van der Waals surface area contributed by atoms with Gasteiger partial charge in [-0.2, -0.15) is 0 Å². The summed E-state index contributed by atoms with van der Waals surface area (Å²) in [4.78, 5) is 9.25. The van der Waals surface area contributed by atoms with E-state index in [1.54, 1.807) is 0 Å². The predicted molar refractivity (Wildman–Crippen MR) is 83.5 cm³/mol. The van der Waals surface area contributed by atoms with Gasteiger partial charge in [-0.3, -0.25) is 4.99 Å². The van der Waals surface area contributed by atoms with E-state index in [1.165, 1.54) is 12.8 Å². The summed E-state index contributed by atoms with van der Waals surface area (Å²) in [5, 5.41) is 0. The zero-order valence-corrected chi connectivity index (χ0v) is 13.4. The van der Waals surface area contributed by atoms with Crippen LogP contribution in [-0.2, 0) is 0 Å². The van der Waals surface area contributed by atoms with Crippen LogP contribution >= 0.6 is 0 Å². The number of nitrogens with zero attached hydrogens (tertiary/aromatic N) is 3. The van der Waals surface area contributed by atoms with Gasteiger partial charge in [-0.25, -0.2) is 0 Å². The molecule has 0 bridgehead atoms. The number of rotatable bonds is 8. The molecule has 4 heteroatoms. The van der Waals surface area contributed by atoms with Crippen LogP contribution in [0.1, 0.15) is 47.5 Å². The molecule has 19 heavy (non-hydrogen) atoms. The molecule has 0 aliphatic carbocycles. The number of hydrogen-bond donors (Lipinski definition) is 1. The second-order valence-electron chi connectivity index (χ2n) is 6.28. The molecule has 0 radical (unpaired) electrons. The number of hydrogen-bond acceptors (Lipinski definition) is 4. The van der Waals surface area contributed by atoms with Gasteiger partial charge in [-0.05, 0) is 38.8 Å². The number of guanidine groups is 1. The molecule has 1 aliphatic rings. The summed E-state index contributed by atoms with van der Waals surface area (Å²) in [6.45, 7) is 16.4. The Morgan fingerprint density at radius 2 is 2.00 bits per heavy atom. The Labute approximate surface area is 119 Å². The lowest BCUT2D eigenvalue weighted by Gasteiger charge is -2.38. The van der Waals surface area contributed by atoms with Gasteiger partial charge in [-0.1, -0.05) is 27.7 Å². The molecule has 0 saturated heterocycles. The first kappa shape index (κ1) is 16.3. The fourth-order valence-electron chi connectivity index (χ4n) is 2.68. The van der Waals surface area contributed by atoms with E-state index in [9.17, 15) is 0 Å². The van der Waals surface area contributed by atoms with Crippen molar-refractivity contribution in [2.24, 2.45) is 16.6 Å². The fourth-order valence-corrected chi connectivity index (χ4v) is 2.68. The van der Waals surface area contributed by atoms with E-state index in [2.05, 4.69) is 49.4 Å². The molecule has 4 nitrogen and oxygen atoms in total. The molecule has 0 amide bonds. The highest BCUT2D eigenvalue weighted by atomic mass is 15.4. The maximum atomic E-state index is 6.09. The average Bonchev–Trinajstić information content (AvgIpc) is 2.66. The standard InChI is InChI=1S/C15H32N4/c1-6-18(7-2)10-11-19-14(16)17-12-15(19,5)9-8-13(3)4/h13H,6-12H2,1-5H3,(H2,16,17). The Morgan fingerprint density at radius 3 is 2.53 bits per heavy atom. The normalized spacial score (nSPS) is 23.5. The van der Waals surface area contributed by atoms with Crippen LogP contribution in [0.4, 0.5) is 0 Å². The first-order valence-electron chi connectivity index (χ1n) is 7.72. The summed E-state index contributed by atoms with van der Waals surface area (Å²) in [6, 6.07) is 0. The molecular formula is C15H32N4. The largest absolute Gasteiger partial charge is 0.370 e. The van der Waals surface area contributed by atoms with E-state index in [1.807, 2.05) is 0 Å². The van der Waals surface area contributed by atoms with Crippen molar-refractivity contribution in [2.75, 3.05) is 32.7 Å². The molecule has 1 atom stereocenters. The number of aliphatic imine (C=N–C) groups is 1. The second-order valence-corrected chi connectivity index (χ2v) is 6.28. The topological polar surface area (TPSA) is 44.9 Å². The van der Waals surface area contributed by atoms with Crippen molar-refractivity contribution in [3.8, 4) is 0 Å². The zero-order chi connectivity index (χ0) is 14.5. The van der Waals surface area contributed by atoms with Crippen LogP contribution in [0.2, 0.25) is 0 Å². The molecule has 0 aromatic rings. The molecule has 2 N–H and O–H groups in total.